The van der Waals surface area contributed by atoms with Crippen LogP contribution in [0.5, 0.6) is 5.75 Å². The third-order valence-corrected chi connectivity index (χ3v) is 3.46. The van der Waals surface area contributed by atoms with Crippen molar-refractivity contribution in [3.63, 3.8) is 0 Å². The number of halogens is 1. The van der Waals surface area contributed by atoms with E-state index in [1.807, 2.05) is 12.1 Å². The molecule has 0 bridgehead atoms. The van der Waals surface area contributed by atoms with Crippen molar-refractivity contribution in [1.82, 2.24) is 9.59 Å². The summed E-state index contributed by atoms with van der Waals surface area (Å²) >= 11 is 7.27. The van der Waals surface area contributed by atoms with Crippen molar-refractivity contribution in [2.24, 2.45) is 5.73 Å². The van der Waals surface area contributed by atoms with E-state index < -0.39 is 0 Å². The molecule has 0 saturated heterocycles. The molecule has 0 amide bonds. The van der Waals surface area contributed by atoms with Gasteiger partial charge in [0.2, 0.25) is 0 Å². The molecule has 0 aliphatic rings. The molecule has 0 saturated carbocycles. The van der Waals surface area contributed by atoms with E-state index in [2.05, 4.69) is 9.59 Å². The maximum absolute atomic E-state index is 6.08. The van der Waals surface area contributed by atoms with Crippen LogP contribution in [-0.4, -0.2) is 16.7 Å². The van der Waals surface area contributed by atoms with Crippen molar-refractivity contribution in [3.8, 4) is 5.75 Å². The van der Waals surface area contributed by atoms with E-state index in [1.165, 1.54) is 11.5 Å². The Bertz CT molecular complexity index is 489. The summed E-state index contributed by atoms with van der Waals surface area (Å²) in [6.45, 7) is 0. The zero-order chi connectivity index (χ0) is 12.3. The van der Waals surface area contributed by atoms with Crippen LogP contribution in [0.25, 0.3) is 0 Å². The monoisotopic (exact) mass is 269 g/mol. The SMILES string of the molecule is COc1ccc(Cl)cc1CC(N)c1cnns1. The van der Waals surface area contributed by atoms with E-state index >= 15 is 0 Å². The summed E-state index contributed by atoms with van der Waals surface area (Å²) in [7, 11) is 1.63. The summed E-state index contributed by atoms with van der Waals surface area (Å²) in [4.78, 5) is 0.951. The van der Waals surface area contributed by atoms with Crippen molar-refractivity contribution in [1.29, 1.82) is 0 Å². The predicted molar refractivity (Wildman–Crippen MR) is 68.5 cm³/mol. The largest absolute Gasteiger partial charge is 0.496 e. The molecule has 1 atom stereocenters. The first-order chi connectivity index (χ1) is 8.20. The molecular weight excluding hydrogens is 258 g/mol. The van der Waals surface area contributed by atoms with Crippen LogP contribution >= 0.6 is 23.1 Å². The Balaban J connectivity index is 2.20. The molecule has 4 nitrogen and oxygen atoms in total. The molecule has 1 heterocycles. The average Bonchev–Trinajstić information content (AvgIpc) is 2.83. The van der Waals surface area contributed by atoms with Crippen LogP contribution in [-0.2, 0) is 6.42 Å². The molecule has 6 heteroatoms. The number of nitrogens with two attached hydrogens (primary N) is 1. The number of benzene rings is 1. The summed E-state index contributed by atoms with van der Waals surface area (Å²) in [6, 6.07) is 5.37. The van der Waals surface area contributed by atoms with Crippen LogP contribution in [0.4, 0.5) is 0 Å². The summed E-state index contributed by atoms with van der Waals surface area (Å²) in [5.41, 5.74) is 7.06. The van der Waals surface area contributed by atoms with Gasteiger partial charge < -0.3 is 10.5 Å². The van der Waals surface area contributed by atoms with Gasteiger partial charge >= 0.3 is 0 Å². The van der Waals surface area contributed by atoms with Crippen LogP contribution < -0.4 is 10.5 Å². The Morgan fingerprint density at radius 1 is 1.53 bits per heavy atom. The van der Waals surface area contributed by atoms with Crippen LogP contribution in [0.15, 0.2) is 24.4 Å². The first kappa shape index (κ1) is 12.3. The highest BCUT2D eigenvalue weighted by molar-refractivity contribution is 7.05. The van der Waals surface area contributed by atoms with E-state index in [-0.39, 0.29) is 6.04 Å². The van der Waals surface area contributed by atoms with E-state index in [0.29, 0.717) is 11.4 Å². The quantitative estimate of drug-likeness (QED) is 0.926. The molecule has 90 valence electrons. The van der Waals surface area contributed by atoms with Gasteiger partial charge in [-0.3, -0.25) is 0 Å². The van der Waals surface area contributed by atoms with Gasteiger partial charge in [0.05, 0.1) is 18.2 Å². The third-order valence-electron chi connectivity index (χ3n) is 2.43. The van der Waals surface area contributed by atoms with Gasteiger partial charge in [-0.15, -0.1) is 5.10 Å². The van der Waals surface area contributed by atoms with Gasteiger partial charge in [0, 0.05) is 11.1 Å². The molecule has 0 radical (unpaired) electrons. The van der Waals surface area contributed by atoms with Crippen molar-refractivity contribution in [3.05, 3.63) is 39.9 Å². The lowest BCUT2D eigenvalue weighted by Crippen LogP contribution is -2.12. The first-order valence-corrected chi connectivity index (χ1v) is 6.21. The van der Waals surface area contributed by atoms with E-state index in [9.17, 15) is 0 Å². The van der Waals surface area contributed by atoms with Gasteiger partial charge in [-0.25, -0.2) is 0 Å². The van der Waals surface area contributed by atoms with Gasteiger partial charge in [0.15, 0.2) is 0 Å². The lowest BCUT2D eigenvalue weighted by atomic mass is 10.0. The van der Waals surface area contributed by atoms with Gasteiger partial charge in [0.1, 0.15) is 5.75 Å². The van der Waals surface area contributed by atoms with Crippen LogP contribution in [0.1, 0.15) is 16.5 Å². The van der Waals surface area contributed by atoms with Gasteiger partial charge in [-0.1, -0.05) is 16.1 Å². The summed E-state index contributed by atoms with van der Waals surface area (Å²) in [5.74, 6) is 0.794. The fraction of sp³-hybridized carbons (Fsp3) is 0.273. The zero-order valence-electron chi connectivity index (χ0n) is 9.26. The van der Waals surface area contributed by atoms with Crippen LogP contribution in [0.2, 0.25) is 5.02 Å². The lowest BCUT2D eigenvalue weighted by Gasteiger charge is -2.12. The highest BCUT2D eigenvalue weighted by Gasteiger charge is 2.13. The van der Waals surface area contributed by atoms with Crippen molar-refractivity contribution >= 4 is 23.1 Å². The standard InChI is InChI=1S/C11H12ClN3OS/c1-16-10-3-2-8(12)4-7(10)5-9(13)11-6-14-15-17-11/h2-4,6,9H,5,13H2,1H3. The highest BCUT2D eigenvalue weighted by atomic mass is 35.5. The number of nitrogens with zero attached hydrogens (tertiary/aromatic N) is 2. The summed E-state index contributed by atoms with van der Waals surface area (Å²) in [6.07, 6.45) is 2.33. The van der Waals surface area contributed by atoms with Crippen LogP contribution in [0, 0.1) is 0 Å². The summed E-state index contributed by atoms with van der Waals surface area (Å²) < 4.78 is 9.08. The number of aromatic nitrogens is 2. The first-order valence-electron chi connectivity index (χ1n) is 5.06. The topological polar surface area (TPSA) is 61.0 Å². The second kappa shape index (κ2) is 5.44. The molecule has 0 aliphatic carbocycles. The smallest absolute Gasteiger partial charge is 0.122 e. The molecule has 1 aromatic carbocycles. The molecule has 2 aromatic rings. The lowest BCUT2D eigenvalue weighted by molar-refractivity contribution is 0.408. The molecule has 1 unspecified atom stereocenters. The summed E-state index contributed by atoms with van der Waals surface area (Å²) in [5, 5.41) is 4.45. The Morgan fingerprint density at radius 2 is 2.35 bits per heavy atom. The Kier molecular flexibility index (Phi) is 3.93. The minimum absolute atomic E-state index is 0.137. The minimum Gasteiger partial charge on any atom is -0.496 e. The molecule has 1 aromatic heterocycles. The number of hydrogen-bond donors (Lipinski definition) is 1. The van der Waals surface area contributed by atoms with E-state index in [0.717, 1.165) is 16.2 Å². The maximum atomic E-state index is 6.08. The normalized spacial score (nSPS) is 12.4. The predicted octanol–water partition coefficient (Wildman–Crippen LogP) is 2.44. The van der Waals surface area contributed by atoms with Crippen LogP contribution in [0.3, 0.4) is 0 Å². The van der Waals surface area contributed by atoms with Crippen molar-refractivity contribution in [2.75, 3.05) is 7.11 Å². The fourth-order valence-corrected chi connectivity index (χ4v) is 2.28. The van der Waals surface area contributed by atoms with Gasteiger partial charge in [-0.05, 0) is 41.7 Å². The number of methoxy groups -OCH3 is 1. The molecule has 17 heavy (non-hydrogen) atoms. The number of hydrogen-bond acceptors (Lipinski definition) is 5. The van der Waals surface area contributed by atoms with Crippen molar-refractivity contribution in [2.45, 2.75) is 12.5 Å². The molecular formula is C11H12ClN3OS. The highest BCUT2D eigenvalue weighted by Crippen LogP contribution is 2.27. The third kappa shape index (κ3) is 2.94. The second-order valence-electron chi connectivity index (χ2n) is 3.59. The second-order valence-corrected chi connectivity index (χ2v) is 4.84. The number of rotatable bonds is 4. The maximum Gasteiger partial charge on any atom is 0.122 e. The molecule has 0 fully saturated rings. The Labute approximate surface area is 109 Å². The fourth-order valence-electron chi connectivity index (χ4n) is 1.58. The van der Waals surface area contributed by atoms with E-state index in [4.69, 9.17) is 22.1 Å². The molecule has 2 rings (SSSR count). The minimum atomic E-state index is -0.137. The van der Waals surface area contributed by atoms with E-state index in [1.54, 1.807) is 19.4 Å². The van der Waals surface area contributed by atoms with Gasteiger partial charge in [-0.2, -0.15) is 0 Å². The van der Waals surface area contributed by atoms with Crippen molar-refractivity contribution < 1.29 is 4.74 Å². The molecule has 0 aliphatic heterocycles. The van der Waals surface area contributed by atoms with Gasteiger partial charge in [0.25, 0.3) is 0 Å². The average molecular weight is 270 g/mol. The molecule has 0 spiro atoms. The zero-order valence-corrected chi connectivity index (χ0v) is 10.8. The number of ether oxygens (including phenoxy) is 1. The Hall–Kier alpha value is -1.17. The molecule has 2 N–H and O–H groups in total. The Morgan fingerprint density at radius 3 is 3.00 bits per heavy atom.